The number of nitrogens with zero attached hydrogens (tertiary/aromatic N) is 5. The van der Waals surface area contributed by atoms with Gasteiger partial charge in [-0.05, 0) is 55.7 Å². The molecule has 4 heterocycles. The van der Waals surface area contributed by atoms with Crippen LogP contribution in [-0.2, 0) is 11.3 Å². The van der Waals surface area contributed by atoms with Crippen molar-refractivity contribution in [1.29, 1.82) is 0 Å². The molecule has 1 aliphatic rings. The van der Waals surface area contributed by atoms with Crippen molar-refractivity contribution in [3.63, 3.8) is 0 Å². The largest absolute Gasteiger partial charge is 0.367 e. The molecule has 0 saturated heterocycles. The molecule has 0 aromatic carbocycles. The number of hydrogen-bond donors (Lipinski definition) is 1. The Hall–Kier alpha value is -3.26. The van der Waals surface area contributed by atoms with Crippen LogP contribution in [0, 0.1) is 20.8 Å². The summed E-state index contributed by atoms with van der Waals surface area (Å²) in [6, 6.07) is 9.89. The summed E-state index contributed by atoms with van der Waals surface area (Å²) in [4.78, 5) is 25.4. The molecule has 1 atom stereocenters. The van der Waals surface area contributed by atoms with Crippen LogP contribution in [0.5, 0.6) is 0 Å². The zero-order valence-corrected chi connectivity index (χ0v) is 17.8. The van der Waals surface area contributed by atoms with Gasteiger partial charge < -0.3 is 5.73 Å². The molecule has 3 aromatic rings. The molecule has 1 amide bonds. The molecular formula is C22H22N6OS. The topological polar surface area (TPSA) is 97.4 Å². The summed E-state index contributed by atoms with van der Waals surface area (Å²) in [5.41, 5.74) is 12.3. The van der Waals surface area contributed by atoms with E-state index in [2.05, 4.69) is 26.1 Å². The number of rotatable bonds is 5. The van der Waals surface area contributed by atoms with Gasteiger partial charge in [0, 0.05) is 29.8 Å². The van der Waals surface area contributed by atoms with E-state index in [1.165, 1.54) is 11.8 Å². The first-order valence-corrected chi connectivity index (χ1v) is 10.4. The van der Waals surface area contributed by atoms with E-state index in [0.29, 0.717) is 11.6 Å². The number of carbonyl (C=O) groups excluding carboxylic acids is 1. The molecule has 0 spiro atoms. The highest BCUT2D eigenvalue weighted by molar-refractivity contribution is 8.15. The average molecular weight is 419 g/mol. The van der Waals surface area contributed by atoms with E-state index in [9.17, 15) is 4.79 Å². The number of pyridine rings is 3. The quantitative estimate of drug-likeness (QED) is 0.683. The Labute approximate surface area is 179 Å². The number of aromatic nitrogens is 3. The molecule has 0 radical (unpaired) electrons. The Morgan fingerprint density at radius 1 is 1.07 bits per heavy atom. The maximum Gasteiger partial charge on any atom is 0.252 e. The first-order chi connectivity index (χ1) is 14.4. The standard InChI is InChI=1S/C22H22N6OS/c1-13-5-4-7-25-19(13)21-27-28(22(30-21)20(23)29)12-16-9-14(2)18(26-11-16)17-6-8-24-15(3)10-17/h4-11,22H,12H2,1-3H3,(H2,23,29). The molecular weight excluding hydrogens is 396 g/mol. The maximum absolute atomic E-state index is 12.0. The lowest BCUT2D eigenvalue weighted by atomic mass is 10.1. The first-order valence-electron chi connectivity index (χ1n) is 9.54. The molecule has 152 valence electrons. The normalized spacial score (nSPS) is 15.9. The molecule has 30 heavy (non-hydrogen) atoms. The number of hydrazone groups is 1. The third-order valence-corrected chi connectivity index (χ3v) is 6.02. The number of aryl methyl sites for hydroxylation is 3. The minimum absolute atomic E-state index is 0.430. The molecule has 3 aromatic heterocycles. The highest BCUT2D eigenvalue weighted by atomic mass is 32.2. The summed E-state index contributed by atoms with van der Waals surface area (Å²) in [7, 11) is 0. The number of amides is 1. The minimum Gasteiger partial charge on any atom is -0.367 e. The zero-order chi connectivity index (χ0) is 21.3. The van der Waals surface area contributed by atoms with Crippen molar-refractivity contribution in [2.75, 3.05) is 0 Å². The van der Waals surface area contributed by atoms with Crippen LogP contribution in [-0.4, -0.2) is 36.3 Å². The Balaban J connectivity index is 1.61. The van der Waals surface area contributed by atoms with Crippen molar-refractivity contribution in [3.8, 4) is 11.3 Å². The molecule has 0 saturated carbocycles. The Morgan fingerprint density at radius 3 is 2.60 bits per heavy atom. The van der Waals surface area contributed by atoms with Crippen molar-refractivity contribution in [2.45, 2.75) is 32.7 Å². The lowest BCUT2D eigenvalue weighted by Gasteiger charge is -2.20. The number of primary amides is 1. The summed E-state index contributed by atoms with van der Waals surface area (Å²) in [5, 5.41) is 6.48. The first kappa shape index (κ1) is 20.0. The van der Waals surface area contributed by atoms with Gasteiger partial charge in [-0.1, -0.05) is 23.9 Å². The molecule has 8 heteroatoms. The van der Waals surface area contributed by atoms with E-state index in [4.69, 9.17) is 5.73 Å². The van der Waals surface area contributed by atoms with E-state index in [1.807, 2.05) is 51.2 Å². The van der Waals surface area contributed by atoms with Crippen molar-refractivity contribution in [3.05, 3.63) is 77.0 Å². The SMILES string of the molecule is Cc1cc(-c2ncc(CN3N=C(c4ncccc4C)SC3C(N)=O)cc2C)ccn1. The molecule has 0 fully saturated rings. The Bertz CT molecular complexity index is 1150. The Morgan fingerprint density at radius 2 is 1.90 bits per heavy atom. The summed E-state index contributed by atoms with van der Waals surface area (Å²) < 4.78 is 0. The minimum atomic E-state index is -0.579. The van der Waals surface area contributed by atoms with Gasteiger partial charge in [0.15, 0.2) is 5.37 Å². The van der Waals surface area contributed by atoms with Gasteiger partial charge in [-0.2, -0.15) is 5.10 Å². The van der Waals surface area contributed by atoms with E-state index < -0.39 is 11.3 Å². The van der Waals surface area contributed by atoms with E-state index in [-0.39, 0.29) is 0 Å². The van der Waals surface area contributed by atoms with Crippen molar-refractivity contribution >= 4 is 22.7 Å². The Kier molecular flexibility index (Phi) is 5.50. The molecule has 1 aliphatic heterocycles. The van der Waals surface area contributed by atoms with E-state index in [0.717, 1.165) is 39.3 Å². The van der Waals surface area contributed by atoms with Crippen LogP contribution >= 0.6 is 11.8 Å². The monoisotopic (exact) mass is 418 g/mol. The van der Waals surface area contributed by atoms with Crippen LogP contribution in [0.25, 0.3) is 11.3 Å². The van der Waals surface area contributed by atoms with Gasteiger partial charge in [0.1, 0.15) is 5.04 Å². The fourth-order valence-corrected chi connectivity index (χ4v) is 4.45. The van der Waals surface area contributed by atoms with Crippen molar-refractivity contribution in [2.24, 2.45) is 10.8 Å². The van der Waals surface area contributed by atoms with E-state index >= 15 is 0 Å². The second kappa shape index (κ2) is 8.23. The fraction of sp³-hybridized carbons (Fsp3) is 0.227. The van der Waals surface area contributed by atoms with Gasteiger partial charge in [-0.15, -0.1) is 0 Å². The highest BCUT2D eigenvalue weighted by Crippen LogP contribution is 2.31. The van der Waals surface area contributed by atoms with Crippen molar-refractivity contribution < 1.29 is 4.79 Å². The number of carbonyl (C=O) groups is 1. The summed E-state index contributed by atoms with van der Waals surface area (Å²) >= 11 is 1.33. The predicted molar refractivity (Wildman–Crippen MR) is 119 cm³/mol. The number of thioether (sulfide) groups is 1. The highest BCUT2D eigenvalue weighted by Gasteiger charge is 2.33. The van der Waals surface area contributed by atoms with Crippen LogP contribution in [0.1, 0.15) is 28.1 Å². The number of hydrogen-bond acceptors (Lipinski definition) is 7. The molecule has 2 N–H and O–H groups in total. The third kappa shape index (κ3) is 4.04. The van der Waals surface area contributed by atoms with Gasteiger partial charge in [-0.3, -0.25) is 24.8 Å². The van der Waals surface area contributed by atoms with Crippen LogP contribution in [0.15, 0.2) is 54.0 Å². The van der Waals surface area contributed by atoms with Gasteiger partial charge >= 0.3 is 0 Å². The molecule has 7 nitrogen and oxygen atoms in total. The van der Waals surface area contributed by atoms with Gasteiger partial charge in [0.05, 0.1) is 17.9 Å². The molecule has 0 aliphatic carbocycles. The summed E-state index contributed by atoms with van der Waals surface area (Å²) in [6.07, 6.45) is 5.33. The molecule has 1 unspecified atom stereocenters. The van der Waals surface area contributed by atoms with Gasteiger partial charge in [-0.25, -0.2) is 0 Å². The summed E-state index contributed by atoms with van der Waals surface area (Å²) in [5.74, 6) is -0.430. The molecule has 4 rings (SSSR count). The van der Waals surface area contributed by atoms with Crippen LogP contribution in [0.2, 0.25) is 0 Å². The lowest BCUT2D eigenvalue weighted by Crippen LogP contribution is -2.36. The van der Waals surface area contributed by atoms with Crippen LogP contribution < -0.4 is 5.73 Å². The second-order valence-electron chi connectivity index (χ2n) is 7.24. The number of nitrogens with two attached hydrogens (primary N) is 1. The smallest absolute Gasteiger partial charge is 0.252 e. The zero-order valence-electron chi connectivity index (χ0n) is 17.0. The van der Waals surface area contributed by atoms with Crippen LogP contribution in [0.3, 0.4) is 0 Å². The van der Waals surface area contributed by atoms with Crippen LogP contribution in [0.4, 0.5) is 0 Å². The second-order valence-corrected chi connectivity index (χ2v) is 8.31. The fourth-order valence-electron chi connectivity index (χ4n) is 3.40. The van der Waals surface area contributed by atoms with Gasteiger partial charge in [0.25, 0.3) is 5.91 Å². The predicted octanol–water partition coefficient (Wildman–Crippen LogP) is 3.19. The molecule has 0 bridgehead atoms. The average Bonchev–Trinajstić information content (AvgIpc) is 3.12. The summed E-state index contributed by atoms with van der Waals surface area (Å²) in [6.45, 7) is 6.39. The maximum atomic E-state index is 12.0. The van der Waals surface area contributed by atoms with Gasteiger partial charge in [0.2, 0.25) is 0 Å². The lowest BCUT2D eigenvalue weighted by molar-refractivity contribution is -0.120. The third-order valence-electron chi connectivity index (χ3n) is 4.82. The van der Waals surface area contributed by atoms with Crippen molar-refractivity contribution in [1.82, 2.24) is 20.0 Å². The van der Waals surface area contributed by atoms with E-state index in [1.54, 1.807) is 17.4 Å².